The summed E-state index contributed by atoms with van der Waals surface area (Å²) >= 11 is 3.52. The summed E-state index contributed by atoms with van der Waals surface area (Å²) in [6.45, 7) is 0. The summed E-state index contributed by atoms with van der Waals surface area (Å²) < 4.78 is 25.7. The first kappa shape index (κ1) is 13.5. The van der Waals surface area contributed by atoms with Crippen LogP contribution in [0.25, 0.3) is 0 Å². The molecule has 0 saturated heterocycles. The zero-order chi connectivity index (χ0) is 13.1. The fraction of sp³-hybridized carbons (Fsp3) is 0.462. The molecule has 1 fully saturated rings. The lowest BCUT2D eigenvalue weighted by Crippen LogP contribution is -2.38. The van der Waals surface area contributed by atoms with Crippen molar-refractivity contribution in [2.45, 2.75) is 36.6 Å². The number of hydrogen-bond acceptors (Lipinski definition) is 1. The quantitative estimate of drug-likeness (QED) is 0.853. The fourth-order valence-corrected chi connectivity index (χ4v) is 2.89. The molecule has 0 spiro atoms. The van der Waals surface area contributed by atoms with E-state index in [1.54, 1.807) is 0 Å². The summed E-state index contributed by atoms with van der Waals surface area (Å²) in [5.41, 5.74) is 0.482. The third-order valence-electron chi connectivity index (χ3n) is 3.13. The van der Waals surface area contributed by atoms with Crippen LogP contribution in [0.4, 0.5) is 8.78 Å². The van der Waals surface area contributed by atoms with Gasteiger partial charge < -0.3 is 5.32 Å². The summed E-state index contributed by atoms with van der Waals surface area (Å²) in [6.07, 6.45) is 3.18. The van der Waals surface area contributed by atoms with Crippen LogP contribution in [0.1, 0.15) is 24.8 Å². The van der Waals surface area contributed by atoms with Gasteiger partial charge in [0.2, 0.25) is 5.91 Å². The maximum absolute atomic E-state index is 13.0. The van der Waals surface area contributed by atoms with Gasteiger partial charge in [0.15, 0.2) is 11.6 Å². The number of nitrogens with one attached hydrogen (secondary N) is 1. The second-order valence-electron chi connectivity index (χ2n) is 4.55. The molecule has 1 saturated carbocycles. The Morgan fingerprint density at radius 2 is 2.11 bits per heavy atom. The maximum atomic E-state index is 13.0. The number of rotatable bonds is 3. The summed E-state index contributed by atoms with van der Waals surface area (Å²) in [4.78, 5) is 12.1. The lowest BCUT2D eigenvalue weighted by molar-refractivity contribution is -0.121. The summed E-state index contributed by atoms with van der Waals surface area (Å²) in [5.74, 6) is -1.97. The first-order valence-corrected chi connectivity index (χ1v) is 6.85. The van der Waals surface area contributed by atoms with Crippen molar-refractivity contribution in [2.24, 2.45) is 0 Å². The van der Waals surface area contributed by atoms with Gasteiger partial charge in [0.1, 0.15) is 0 Å². The molecule has 2 unspecified atom stereocenters. The zero-order valence-electron chi connectivity index (χ0n) is 9.76. The minimum Gasteiger partial charge on any atom is -0.352 e. The molecule has 1 aliphatic rings. The molecule has 98 valence electrons. The van der Waals surface area contributed by atoms with Crippen molar-refractivity contribution in [3.05, 3.63) is 35.4 Å². The molecular formula is C13H14BrF2NO. The Labute approximate surface area is 113 Å². The molecule has 2 nitrogen and oxygen atoms in total. The van der Waals surface area contributed by atoms with Crippen molar-refractivity contribution in [3.63, 3.8) is 0 Å². The van der Waals surface area contributed by atoms with Gasteiger partial charge in [-0.2, -0.15) is 0 Å². The van der Waals surface area contributed by atoms with E-state index in [-0.39, 0.29) is 18.4 Å². The summed E-state index contributed by atoms with van der Waals surface area (Å²) in [6, 6.07) is 3.68. The molecule has 0 heterocycles. The number of carbonyl (C=O) groups is 1. The van der Waals surface area contributed by atoms with Crippen LogP contribution in [-0.2, 0) is 11.2 Å². The molecule has 1 amide bonds. The largest absolute Gasteiger partial charge is 0.352 e. The number of carbonyl (C=O) groups excluding carboxylic acids is 1. The van der Waals surface area contributed by atoms with Gasteiger partial charge in [-0.3, -0.25) is 4.79 Å². The Kier molecular flexibility index (Phi) is 4.32. The van der Waals surface area contributed by atoms with E-state index in [4.69, 9.17) is 0 Å². The smallest absolute Gasteiger partial charge is 0.224 e. The lowest BCUT2D eigenvalue weighted by atomic mass is 10.1. The fourth-order valence-electron chi connectivity index (χ4n) is 2.17. The van der Waals surface area contributed by atoms with Crippen LogP contribution in [0.5, 0.6) is 0 Å². The van der Waals surface area contributed by atoms with Crippen LogP contribution in [0.15, 0.2) is 18.2 Å². The van der Waals surface area contributed by atoms with E-state index in [1.165, 1.54) is 6.07 Å². The lowest BCUT2D eigenvalue weighted by Gasteiger charge is -2.16. The van der Waals surface area contributed by atoms with Crippen molar-refractivity contribution in [1.29, 1.82) is 0 Å². The molecule has 1 N–H and O–H groups in total. The van der Waals surface area contributed by atoms with E-state index >= 15 is 0 Å². The molecule has 0 aromatic heterocycles. The molecule has 5 heteroatoms. The standard InChI is InChI=1S/C13H14BrF2NO/c14-9-2-1-3-12(9)17-13(18)7-8-4-5-10(15)11(16)6-8/h4-6,9,12H,1-3,7H2,(H,17,18). The van der Waals surface area contributed by atoms with Crippen LogP contribution >= 0.6 is 15.9 Å². The molecule has 2 atom stereocenters. The highest BCUT2D eigenvalue weighted by molar-refractivity contribution is 9.09. The van der Waals surface area contributed by atoms with Gasteiger partial charge in [0.25, 0.3) is 0 Å². The number of amides is 1. The molecule has 0 radical (unpaired) electrons. The first-order chi connectivity index (χ1) is 8.56. The number of benzene rings is 1. The van der Waals surface area contributed by atoms with E-state index in [1.807, 2.05) is 0 Å². The van der Waals surface area contributed by atoms with Crippen molar-refractivity contribution in [2.75, 3.05) is 0 Å². The Hall–Kier alpha value is -0.970. The summed E-state index contributed by atoms with van der Waals surface area (Å²) in [5, 5.41) is 2.91. The maximum Gasteiger partial charge on any atom is 0.224 e. The van der Waals surface area contributed by atoms with E-state index in [9.17, 15) is 13.6 Å². The predicted octanol–water partition coefficient (Wildman–Crippen LogP) is 2.94. The number of alkyl halides is 1. The Bertz CT molecular complexity index is 453. The molecule has 1 aromatic carbocycles. The predicted molar refractivity (Wildman–Crippen MR) is 68.6 cm³/mol. The van der Waals surface area contributed by atoms with Gasteiger partial charge in [0, 0.05) is 10.9 Å². The topological polar surface area (TPSA) is 29.1 Å². The number of hydrogen-bond donors (Lipinski definition) is 1. The van der Waals surface area contributed by atoms with E-state index in [0.717, 1.165) is 31.4 Å². The van der Waals surface area contributed by atoms with Gasteiger partial charge in [0.05, 0.1) is 6.42 Å². The molecule has 18 heavy (non-hydrogen) atoms. The second-order valence-corrected chi connectivity index (χ2v) is 5.72. The Morgan fingerprint density at radius 3 is 2.72 bits per heavy atom. The van der Waals surface area contributed by atoms with E-state index < -0.39 is 11.6 Å². The van der Waals surface area contributed by atoms with Crippen molar-refractivity contribution in [3.8, 4) is 0 Å². The highest BCUT2D eigenvalue weighted by Crippen LogP contribution is 2.25. The molecule has 0 aliphatic heterocycles. The Morgan fingerprint density at radius 1 is 1.33 bits per heavy atom. The monoisotopic (exact) mass is 317 g/mol. The van der Waals surface area contributed by atoms with Crippen LogP contribution < -0.4 is 5.32 Å². The molecular weight excluding hydrogens is 304 g/mol. The van der Waals surface area contributed by atoms with Gasteiger partial charge in [-0.15, -0.1) is 0 Å². The van der Waals surface area contributed by atoms with Gasteiger partial charge in [-0.05, 0) is 30.5 Å². The highest BCUT2D eigenvalue weighted by atomic mass is 79.9. The van der Waals surface area contributed by atoms with Gasteiger partial charge in [-0.25, -0.2) is 8.78 Å². The van der Waals surface area contributed by atoms with Crippen LogP contribution in [0, 0.1) is 11.6 Å². The molecule has 0 bridgehead atoms. The van der Waals surface area contributed by atoms with Crippen LogP contribution in [0.3, 0.4) is 0 Å². The first-order valence-electron chi connectivity index (χ1n) is 5.93. The van der Waals surface area contributed by atoms with E-state index in [0.29, 0.717) is 10.4 Å². The SMILES string of the molecule is O=C(Cc1ccc(F)c(F)c1)NC1CCCC1Br. The number of halogens is 3. The molecule has 1 aliphatic carbocycles. The van der Waals surface area contributed by atoms with Crippen molar-refractivity contribution in [1.82, 2.24) is 5.32 Å². The normalized spacial score (nSPS) is 23.1. The zero-order valence-corrected chi connectivity index (χ0v) is 11.3. The van der Waals surface area contributed by atoms with Crippen LogP contribution in [0.2, 0.25) is 0 Å². The third kappa shape index (κ3) is 3.28. The van der Waals surface area contributed by atoms with Gasteiger partial charge >= 0.3 is 0 Å². The highest BCUT2D eigenvalue weighted by Gasteiger charge is 2.26. The Balaban J connectivity index is 1.92. The van der Waals surface area contributed by atoms with E-state index in [2.05, 4.69) is 21.2 Å². The van der Waals surface area contributed by atoms with Crippen molar-refractivity contribution >= 4 is 21.8 Å². The summed E-state index contributed by atoms with van der Waals surface area (Å²) in [7, 11) is 0. The molecule has 2 rings (SSSR count). The van der Waals surface area contributed by atoms with Crippen molar-refractivity contribution < 1.29 is 13.6 Å². The van der Waals surface area contributed by atoms with Gasteiger partial charge in [-0.1, -0.05) is 28.4 Å². The second kappa shape index (κ2) is 5.78. The van der Waals surface area contributed by atoms with Crippen LogP contribution in [-0.4, -0.2) is 16.8 Å². The average molecular weight is 318 g/mol. The minimum absolute atomic E-state index is 0.0768. The minimum atomic E-state index is -0.917. The molecule has 1 aromatic rings. The third-order valence-corrected chi connectivity index (χ3v) is 4.22. The average Bonchev–Trinajstić information content (AvgIpc) is 2.70.